The van der Waals surface area contributed by atoms with E-state index in [1.54, 1.807) is 6.20 Å². The predicted octanol–water partition coefficient (Wildman–Crippen LogP) is 0.379. The smallest absolute Gasteiger partial charge is 0.148 e. The summed E-state index contributed by atoms with van der Waals surface area (Å²) in [6, 6.07) is 1.90. The molecule has 7 heteroatoms. The molecule has 17 heavy (non-hydrogen) atoms. The van der Waals surface area contributed by atoms with Crippen LogP contribution < -0.4 is 16.6 Å². The summed E-state index contributed by atoms with van der Waals surface area (Å²) in [4.78, 5) is 8.17. The SMILES string of the molecule is Cc1c(NN)ncnc1NCCn1cccn1. The molecule has 2 aromatic heterocycles. The first kappa shape index (κ1) is 11.3. The molecule has 0 saturated heterocycles. The minimum absolute atomic E-state index is 0.626. The van der Waals surface area contributed by atoms with Crippen molar-refractivity contribution >= 4 is 11.6 Å². The summed E-state index contributed by atoms with van der Waals surface area (Å²) < 4.78 is 1.85. The maximum absolute atomic E-state index is 5.34. The molecule has 0 aliphatic heterocycles. The highest BCUT2D eigenvalue weighted by molar-refractivity contribution is 5.55. The predicted molar refractivity (Wildman–Crippen MR) is 65.3 cm³/mol. The first-order valence-corrected chi connectivity index (χ1v) is 5.31. The van der Waals surface area contributed by atoms with Crippen LogP contribution in [0.25, 0.3) is 0 Å². The summed E-state index contributed by atoms with van der Waals surface area (Å²) in [5, 5.41) is 7.33. The highest BCUT2D eigenvalue weighted by atomic mass is 15.3. The van der Waals surface area contributed by atoms with E-state index in [9.17, 15) is 0 Å². The van der Waals surface area contributed by atoms with Gasteiger partial charge in [-0.2, -0.15) is 5.10 Å². The van der Waals surface area contributed by atoms with Crippen molar-refractivity contribution in [1.82, 2.24) is 19.7 Å². The van der Waals surface area contributed by atoms with Crippen LogP contribution in [0.5, 0.6) is 0 Å². The number of nitrogens with one attached hydrogen (secondary N) is 2. The Morgan fingerprint density at radius 2 is 2.18 bits per heavy atom. The molecule has 0 aliphatic rings. The van der Waals surface area contributed by atoms with Gasteiger partial charge in [-0.05, 0) is 13.0 Å². The van der Waals surface area contributed by atoms with Crippen molar-refractivity contribution < 1.29 is 0 Å². The molecule has 0 aliphatic carbocycles. The summed E-state index contributed by atoms with van der Waals surface area (Å²) in [5.41, 5.74) is 3.43. The van der Waals surface area contributed by atoms with Gasteiger partial charge in [-0.3, -0.25) is 4.68 Å². The average Bonchev–Trinajstić information content (AvgIpc) is 2.84. The molecule has 0 unspecified atom stereocenters. The van der Waals surface area contributed by atoms with Crippen LogP contribution in [-0.2, 0) is 6.54 Å². The van der Waals surface area contributed by atoms with E-state index in [-0.39, 0.29) is 0 Å². The fourth-order valence-electron chi connectivity index (χ4n) is 1.50. The Morgan fingerprint density at radius 3 is 2.88 bits per heavy atom. The molecule has 0 radical (unpaired) electrons. The van der Waals surface area contributed by atoms with E-state index in [0.717, 1.165) is 24.5 Å². The molecular formula is C10H15N7. The van der Waals surface area contributed by atoms with E-state index < -0.39 is 0 Å². The van der Waals surface area contributed by atoms with E-state index >= 15 is 0 Å². The van der Waals surface area contributed by atoms with E-state index in [0.29, 0.717) is 5.82 Å². The molecule has 7 nitrogen and oxygen atoms in total. The number of aromatic nitrogens is 4. The van der Waals surface area contributed by atoms with Gasteiger partial charge in [0.1, 0.15) is 18.0 Å². The third kappa shape index (κ3) is 2.70. The van der Waals surface area contributed by atoms with Crippen LogP contribution in [0.15, 0.2) is 24.8 Å². The molecule has 0 aromatic carbocycles. The maximum Gasteiger partial charge on any atom is 0.148 e. The normalized spacial score (nSPS) is 10.2. The summed E-state index contributed by atoms with van der Waals surface area (Å²) in [6.45, 7) is 3.43. The van der Waals surface area contributed by atoms with Gasteiger partial charge in [0.25, 0.3) is 0 Å². The number of rotatable bonds is 5. The lowest BCUT2D eigenvalue weighted by Gasteiger charge is -2.10. The minimum Gasteiger partial charge on any atom is -0.368 e. The molecule has 2 rings (SSSR count). The van der Waals surface area contributed by atoms with E-state index in [2.05, 4.69) is 25.8 Å². The molecule has 0 fully saturated rings. The first-order chi connectivity index (χ1) is 8.31. The summed E-state index contributed by atoms with van der Waals surface area (Å²) in [5.74, 6) is 6.75. The van der Waals surface area contributed by atoms with E-state index in [1.807, 2.05) is 23.9 Å². The number of hydrogen-bond acceptors (Lipinski definition) is 6. The van der Waals surface area contributed by atoms with Crippen LogP contribution >= 0.6 is 0 Å². The standard InChI is InChI=1S/C10H15N7/c1-8-9(13-7-14-10(8)16-11)12-4-6-17-5-2-3-15-17/h2-3,5,7H,4,6,11H2,1H3,(H2,12,13,14,16). The van der Waals surface area contributed by atoms with Gasteiger partial charge in [0.15, 0.2) is 0 Å². The van der Waals surface area contributed by atoms with Crippen molar-refractivity contribution in [3.8, 4) is 0 Å². The van der Waals surface area contributed by atoms with Gasteiger partial charge in [0.2, 0.25) is 0 Å². The topological polar surface area (TPSA) is 93.7 Å². The highest BCUT2D eigenvalue weighted by Crippen LogP contribution is 2.16. The van der Waals surface area contributed by atoms with Gasteiger partial charge in [0.05, 0.1) is 6.54 Å². The average molecular weight is 233 g/mol. The van der Waals surface area contributed by atoms with E-state index in [4.69, 9.17) is 5.84 Å². The number of nitrogens with zero attached hydrogens (tertiary/aromatic N) is 4. The number of anilines is 2. The summed E-state index contributed by atoms with van der Waals surface area (Å²) in [7, 11) is 0. The Bertz CT molecular complexity index is 466. The molecule has 0 amide bonds. The molecule has 0 spiro atoms. The third-order valence-electron chi connectivity index (χ3n) is 2.41. The Morgan fingerprint density at radius 1 is 1.35 bits per heavy atom. The van der Waals surface area contributed by atoms with Crippen molar-refractivity contribution in [3.05, 3.63) is 30.4 Å². The molecule has 0 saturated carbocycles. The van der Waals surface area contributed by atoms with Crippen LogP contribution in [0.4, 0.5) is 11.6 Å². The molecule has 2 aromatic rings. The van der Waals surface area contributed by atoms with Crippen molar-refractivity contribution in [1.29, 1.82) is 0 Å². The van der Waals surface area contributed by atoms with Crippen LogP contribution in [0.1, 0.15) is 5.56 Å². The second-order valence-electron chi connectivity index (χ2n) is 3.54. The summed E-state index contributed by atoms with van der Waals surface area (Å²) in [6.07, 6.45) is 5.15. The van der Waals surface area contributed by atoms with Crippen LogP contribution in [-0.4, -0.2) is 26.3 Å². The zero-order valence-corrected chi connectivity index (χ0v) is 9.59. The Balaban J connectivity index is 1.95. The van der Waals surface area contributed by atoms with Crippen molar-refractivity contribution in [2.45, 2.75) is 13.5 Å². The highest BCUT2D eigenvalue weighted by Gasteiger charge is 2.04. The third-order valence-corrected chi connectivity index (χ3v) is 2.41. The Kier molecular flexibility index (Phi) is 3.51. The summed E-state index contributed by atoms with van der Waals surface area (Å²) >= 11 is 0. The molecule has 4 N–H and O–H groups in total. The zero-order chi connectivity index (χ0) is 12.1. The van der Waals surface area contributed by atoms with Crippen LogP contribution in [0, 0.1) is 6.92 Å². The first-order valence-electron chi connectivity index (χ1n) is 5.31. The number of hydrogen-bond donors (Lipinski definition) is 3. The second kappa shape index (κ2) is 5.26. The molecule has 0 atom stereocenters. The number of hydrazine groups is 1. The second-order valence-corrected chi connectivity index (χ2v) is 3.54. The lowest BCUT2D eigenvalue weighted by molar-refractivity contribution is 0.637. The van der Waals surface area contributed by atoms with Gasteiger partial charge in [-0.15, -0.1) is 0 Å². The minimum atomic E-state index is 0.626. The van der Waals surface area contributed by atoms with Crippen molar-refractivity contribution in [3.63, 3.8) is 0 Å². The van der Waals surface area contributed by atoms with Crippen molar-refractivity contribution in [2.75, 3.05) is 17.3 Å². The fourth-order valence-corrected chi connectivity index (χ4v) is 1.50. The molecule has 2 heterocycles. The molecule has 90 valence electrons. The molecular weight excluding hydrogens is 218 g/mol. The monoisotopic (exact) mass is 233 g/mol. The lowest BCUT2D eigenvalue weighted by atomic mass is 10.3. The van der Waals surface area contributed by atoms with Gasteiger partial charge >= 0.3 is 0 Å². The number of nitrogen functional groups attached to an aromatic ring is 1. The lowest BCUT2D eigenvalue weighted by Crippen LogP contribution is -2.15. The zero-order valence-electron chi connectivity index (χ0n) is 9.59. The quantitative estimate of drug-likeness (QED) is 0.510. The van der Waals surface area contributed by atoms with E-state index in [1.165, 1.54) is 6.33 Å². The van der Waals surface area contributed by atoms with Gasteiger partial charge < -0.3 is 10.7 Å². The largest absolute Gasteiger partial charge is 0.368 e. The van der Waals surface area contributed by atoms with Gasteiger partial charge in [-0.1, -0.05) is 0 Å². The number of nitrogens with two attached hydrogens (primary N) is 1. The fraction of sp³-hybridized carbons (Fsp3) is 0.300. The van der Waals surface area contributed by atoms with Gasteiger partial charge in [0, 0.05) is 24.5 Å². The van der Waals surface area contributed by atoms with Crippen LogP contribution in [0.3, 0.4) is 0 Å². The van der Waals surface area contributed by atoms with Crippen molar-refractivity contribution in [2.24, 2.45) is 5.84 Å². The molecule has 0 bridgehead atoms. The van der Waals surface area contributed by atoms with Gasteiger partial charge in [-0.25, -0.2) is 15.8 Å². The Labute approximate surface area is 99.0 Å². The maximum atomic E-state index is 5.34. The Hall–Kier alpha value is -2.15. The van der Waals surface area contributed by atoms with Crippen LogP contribution in [0.2, 0.25) is 0 Å².